The van der Waals surface area contributed by atoms with Gasteiger partial charge in [-0.05, 0) is 49.4 Å². The molecular formula is C21H18ClN3O4. The maximum Gasteiger partial charge on any atom is 0.325 e. The molecule has 148 valence electrons. The number of pyridine rings is 1. The van der Waals surface area contributed by atoms with Crippen LogP contribution < -0.4 is 10.6 Å². The Hall–Kier alpha value is -3.45. The van der Waals surface area contributed by atoms with Crippen LogP contribution in [0.15, 0.2) is 48.5 Å². The number of nitrogens with one attached hydrogen (secondary N) is 2. The number of halogens is 1. The van der Waals surface area contributed by atoms with Crippen molar-refractivity contribution in [2.75, 3.05) is 19.0 Å². The Bertz CT molecular complexity index is 1110. The second-order valence-corrected chi connectivity index (χ2v) is 6.69. The van der Waals surface area contributed by atoms with Gasteiger partial charge in [-0.1, -0.05) is 17.7 Å². The van der Waals surface area contributed by atoms with Gasteiger partial charge in [0.15, 0.2) is 0 Å². The van der Waals surface area contributed by atoms with Crippen LogP contribution in [0.1, 0.15) is 26.4 Å². The molecule has 7 nitrogen and oxygen atoms in total. The standard InChI is InChI=1S/C21H18ClN3O4/c1-12-17(10-14-8-15(22)6-7-18(14)24-12)21(28)25-16-5-3-4-13(9-16)20(27)23-11-19(26)29-2/h3-10H,11H2,1-2H3,(H,23,27)(H,25,28). The Labute approximate surface area is 172 Å². The smallest absolute Gasteiger partial charge is 0.325 e. The summed E-state index contributed by atoms with van der Waals surface area (Å²) in [6.07, 6.45) is 0. The first-order chi connectivity index (χ1) is 13.9. The van der Waals surface area contributed by atoms with Crippen molar-refractivity contribution in [1.82, 2.24) is 10.3 Å². The van der Waals surface area contributed by atoms with Crippen LogP contribution >= 0.6 is 11.6 Å². The fraction of sp³-hybridized carbons (Fsp3) is 0.143. The molecule has 0 radical (unpaired) electrons. The maximum absolute atomic E-state index is 12.8. The number of hydrogen-bond donors (Lipinski definition) is 2. The number of ether oxygens (including phenoxy) is 1. The zero-order chi connectivity index (χ0) is 21.0. The number of benzene rings is 2. The summed E-state index contributed by atoms with van der Waals surface area (Å²) in [6, 6.07) is 13.4. The topological polar surface area (TPSA) is 97.4 Å². The number of fused-ring (bicyclic) bond motifs is 1. The highest BCUT2D eigenvalue weighted by molar-refractivity contribution is 6.31. The molecule has 2 amide bonds. The number of esters is 1. The quantitative estimate of drug-likeness (QED) is 0.627. The van der Waals surface area contributed by atoms with Gasteiger partial charge in [0.2, 0.25) is 0 Å². The van der Waals surface area contributed by atoms with Crippen LogP contribution in [0.25, 0.3) is 10.9 Å². The number of nitrogens with zero attached hydrogens (tertiary/aromatic N) is 1. The van der Waals surface area contributed by atoms with Gasteiger partial charge >= 0.3 is 5.97 Å². The Morgan fingerprint density at radius 1 is 1.07 bits per heavy atom. The van der Waals surface area contributed by atoms with E-state index in [-0.39, 0.29) is 12.5 Å². The molecule has 2 aromatic carbocycles. The predicted molar refractivity (Wildman–Crippen MR) is 110 cm³/mol. The number of rotatable bonds is 5. The number of aryl methyl sites for hydroxylation is 1. The maximum atomic E-state index is 12.8. The highest BCUT2D eigenvalue weighted by Crippen LogP contribution is 2.21. The van der Waals surface area contributed by atoms with Crippen molar-refractivity contribution in [3.63, 3.8) is 0 Å². The predicted octanol–water partition coefficient (Wildman–Crippen LogP) is 3.35. The number of carbonyl (C=O) groups is 3. The zero-order valence-electron chi connectivity index (χ0n) is 15.8. The molecular weight excluding hydrogens is 394 g/mol. The van der Waals surface area contributed by atoms with Gasteiger partial charge in [-0.15, -0.1) is 0 Å². The van der Waals surface area contributed by atoms with Gasteiger partial charge in [0.1, 0.15) is 6.54 Å². The van der Waals surface area contributed by atoms with Crippen LogP contribution in [0.4, 0.5) is 5.69 Å². The molecule has 0 unspecified atom stereocenters. The van der Waals surface area contributed by atoms with E-state index in [1.54, 1.807) is 49.4 Å². The lowest BCUT2D eigenvalue weighted by molar-refractivity contribution is -0.139. The van der Waals surface area contributed by atoms with Crippen molar-refractivity contribution in [3.8, 4) is 0 Å². The molecule has 1 aromatic heterocycles. The SMILES string of the molecule is COC(=O)CNC(=O)c1cccc(NC(=O)c2cc3cc(Cl)ccc3nc2C)c1. The highest BCUT2D eigenvalue weighted by Gasteiger charge is 2.14. The third kappa shape index (κ3) is 4.89. The molecule has 0 spiro atoms. The lowest BCUT2D eigenvalue weighted by Gasteiger charge is -2.10. The van der Waals surface area contributed by atoms with Crippen LogP contribution in [0, 0.1) is 6.92 Å². The van der Waals surface area contributed by atoms with Gasteiger partial charge in [0.05, 0.1) is 23.9 Å². The first kappa shape index (κ1) is 20.3. The normalized spacial score (nSPS) is 10.4. The van der Waals surface area contributed by atoms with E-state index < -0.39 is 11.9 Å². The van der Waals surface area contributed by atoms with E-state index >= 15 is 0 Å². The molecule has 0 saturated carbocycles. The van der Waals surface area contributed by atoms with Gasteiger partial charge in [0, 0.05) is 21.7 Å². The van der Waals surface area contributed by atoms with E-state index in [4.69, 9.17) is 11.6 Å². The number of anilines is 1. The second-order valence-electron chi connectivity index (χ2n) is 6.25. The fourth-order valence-corrected chi connectivity index (χ4v) is 2.92. The summed E-state index contributed by atoms with van der Waals surface area (Å²) in [7, 11) is 1.24. The van der Waals surface area contributed by atoms with E-state index in [1.807, 2.05) is 0 Å². The van der Waals surface area contributed by atoms with Gasteiger partial charge in [0.25, 0.3) is 11.8 Å². The number of amides is 2. The summed E-state index contributed by atoms with van der Waals surface area (Å²) in [5.74, 6) is -1.36. The Kier molecular flexibility index (Phi) is 6.09. The minimum atomic E-state index is -0.554. The molecule has 0 fully saturated rings. The van der Waals surface area contributed by atoms with Crippen LogP contribution in [-0.4, -0.2) is 36.4 Å². The second kappa shape index (κ2) is 8.70. The molecule has 8 heteroatoms. The molecule has 2 N–H and O–H groups in total. The minimum absolute atomic E-state index is 0.240. The van der Waals surface area contributed by atoms with E-state index in [2.05, 4.69) is 20.4 Å². The van der Waals surface area contributed by atoms with Crippen molar-refractivity contribution >= 4 is 46.0 Å². The van der Waals surface area contributed by atoms with E-state index in [1.165, 1.54) is 13.2 Å². The first-order valence-electron chi connectivity index (χ1n) is 8.70. The molecule has 0 saturated heterocycles. The summed E-state index contributed by atoms with van der Waals surface area (Å²) in [5, 5.41) is 6.52. The third-order valence-electron chi connectivity index (χ3n) is 4.22. The third-order valence-corrected chi connectivity index (χ3v) is 4.45. The molecule has 0 aliphatic heterocycles. The molecule has 3 rings (SSSR count). The average molecular weight is 412 g/mol. The van der Waals surface area contributed by atoms with Crippen molar-refractivity contribution in [2.24, 2.45) is 0 Å². The molecule has 0 aliphatic rings. The van der Waals surface area contributed by atoms with E-state index in [0.29, 0.717) is 27.5 Å². The number of aromatic nitrogens is 1. The molecule has 1 heterocycles. The van der Waals surface area contributed by atoms with Gasteiger partial charge in [-0.25, -0.2) is 0 Å². The van der Waals surface area contributed by atoms with Crippen molar-refractivity contribution < 1.29 is 19.1 Å². The van der Waals surface area contributed by atoms with Gasteiger partial charge in [-0.2, -0.15) is 0 Å². The summed E-state index contributed by atoms with van der Waals surface area (Å²) in [5.41, 5.74) is 2.45. The monoisotopic (exact) mass is 411 g/mol. The first-order valence-corrected chi connectivity index (χ1v) is 9.08. The average Bonchev–Trinajstić information content (AvgIpc) is 2.71. The summed E-state index contributed by atoms with van der Waals surface area (Å²) >= 11 is 6.03. The lowest BCUT2D eigenvalue weighted by atomic mass is 10.1. The zero-order valence-corrected chi connectivity index (χ0v) is 16.5. The summed E-state index contributed by atoms with van der Waals surface area (Å²) in [4.78, 5) is 40.5. The fourth-order valence-electron chi connectivity index (χ4n) is 2.74. The Balaban J connectivity index is 1.79. The highest BCUT2D eigenvalue weighted by atomic mass is 35.5. The lowest BCUT2D eigenvalue weighted by Crippen LogP contribution is -2.30. The molecule has 0 bridgehead atoms. The van der Waals surface area contributed by atoms with Crippen molar-refractivity contribution in [2.45, 2.75) is 6.92 Å². The number of methoxy groups -OCH3 is 1. The molecule has 0 atom stereocenters. The van der Waals surface area contributed by atoms with Crippen molar-refractivity contribution in [1.29, 1.82) is 0 Å². The van der Waals surface area contributed by atoms with Gasteiger partial charge in [-0.3, -0.25) is 19.4 Å². The van der Waals surface area contributed by atoms with E-state index in [9.17, 15) is 14.4 Å². The largest absolute Gasteiger partial charge is 0.468 e. The molecule has 0 aliphatic carbocycles. The summed E-state index contributed by atoms with van der Waals surface area (Å²) < 4.78 is 4.49. The minimum Gasteiger partial charge on any atom is -0.468 e. The number of carbonyl (C=O) groups excluding carboxylic acids is 3. The van der Waals surface area contributed by atoms with Crippen LogP contribution in [0.5, 0.6) is 0 Å². The van der Waals surface area contributed by atoms with Gasteiger partial charge < -0.3 is 15.4 Å². The van der Waals surface area contributed by atoms with Crippen molar-refractivity contribution in [3.05, 3.63) is 70.4 Å². The Morgan fingerprint density at radius 2 is 1.86 bits per heavy atom. The van der Waals surface area contributed by atoms with Crippen LogP contribution in [-0.2, 0) is 9.53 Å². The van der Waals surface area contributed by atoms with Crippen LogP contribution in [0.2, 0.25) is 5.02 Å². The molecule has 3 aromatic rings. The van der Waals surface area contributed by atoms with Crippen LogP contribution in [0.3, 0.4) is 0 Å². The number of hydrogen-bond acceptors (Lipinski definition) is 5. The van der Waals surface area contributed by atoms with E-state index in [0.717, 1.165) is 10.9 Å². The Morgan fingerprint density at radius 3 is 2.62 bits per heavy atom. The summed E-state index contributed by atoms with van der Waals surface area (Å²) in [6.45, 7) is 1.51. The molecule has 29 heavy (non-hydrogen) atoms.